The molecule has 0 bridgehead atoms. The van der Waals surface area contributed by atoms with Gasteiger partial charge in [-0.1, -0.05) is 12.1 Å². The van der Waals surface area contributed by atoms with Crippen LogP contribution in [0.3, 0.4) is 0 Å². The number of ether oxygens (including phenoxy) is 1. The number of anilines is 1. The Bertz CT molecular complexity index is 599. The lowest BCUT2D eigenvalue weighted by Gasteiger charge is -2.17. The van der Waals surface area contributed by atoms with Gasteiger partial charge in [0.1, 0.15) is 5.75 Å². The summed E-state index contributed by atoms with van der Waals surface area (Å²) in [4.78, 5) is 11.8. The van der Waals surface area contributed by atoms with E-state index in [0.717, 1.165) is 6.26 Å². The Balaban J connectivity index is 2.58. The van der Waals surface area contributed by atoms with E-state index in [1.165, 1.54) is 10.4 Å². The summed E-state index contributed by atoms with van der Waals surface area (Å²) in [6.45, 7) is 3.80. The minimum absolute atomic E-state index is 0.0676. The van der Waals surface area contributed by atoms with Gasteiger partial charge in [0, 0.05) is 31.3 Å². The van der Waals surface area contributed by atoms with Crippen LogP contribution in [0.1, 0.15) is 6.42 Å². The molecule has 0 radical (unpaired) electrons. The third-order valence-electron chi connectivity index (χ3n) is 2.74. The highest BCUT2D eigenvalue weighted by Gasteiger charge is 2.16. The second-order valence-corrected chi connectivity index (χ2v) is 6.42. The fourth-order valence-corrected chi connectivity index (χ4v) is 2.49. The van der Waals surface area contributed by atoms with Gasteiger partial charge in [-0.25, -0.2) is 8.42 Å². The Labute approximate surface area is 125 Å². The Morgan fingerprint density at radius 2 is 2.19 bits per heavy atom. The lowest BCUT2D eigenvalue weighted by Crippen LogP contribution is -2.33. The van der Waals surface area contributed by atoms with Crippen molar-refractivity contribution >= 4 is 21.6 Å². The van der Waals surface area contributed by atoms with Gasteiger partial charge in [-0.05, 0) is 12.1 Å². The van der Waals surface area contributed by atoms with Crippen molar-refractivity contribution in [2.45, 2.75) is 6.42 Å². The van der Waals surface area contributed by atoms with Crippen molar-refractivity contribution in [3.05, 3.63) is 36.9 Å². The predicted molar refractivity (Wildman–Crippen MR) is 82.9 cm³/mol. The van der Waals surface area contributed by atoms with E-state index in [4.69, 9.17) is 4.74 Å². The zero-order valence-electron chi connectivity index (χ0n) is 12.2. The van der Waals surface area contributed by atoms with Gasteiger partial charge in [-0.2, -0.15) is 4.31 Å². The van der Waals surface area contributed by atoms with E-state index in [2.05, 4.69) is 11.9 Å². The number of nitrogens with zero attached hydrogens (tertiary/aromatic N) is 1. The topological polar surface area (TPSA) is 75.7 Å². The molecule has 6 nitrogen and oxygen atoms in total. The number of benzene rings is 1. The number of amides is 1. The molecule has 0 heterocycles. The molecule has 0 unspecified atom stereocenters. The lowest BCUT2D eigenvalue weighted by atomic mass is 10.3. The van der Waals surface area contributed by atoms with Crippen LogP contribution in [0.25, 0.3) is 0 Å². The van der Waals surface area contributed by atoms with Gasteiger partial charge in [0.25, 0.3) is 0 Å². The van der Waals surface area contributed by atoms with Crippen LogP contribution >= 0.6 is 0 Å². The fourth-order valence-electron chi connectivity index (χ4n) is 1.69. The maximum absolute atomic E-state index is 11.8. The van der Waals surface area contributed by atoms with Gasteiger partial charge >= 0.3 is 0 Å². The fraction of sp³-hybridized carbons (Fsp3) is 0.357. The first kappa shape index (κ1) is 17.2. The van der Waals surface area contributed by atoms with Crippen molar-refractivity contribution in [2.75, 3.05) is 31.8 Å². The van der Waals surface area contributed by atoms with Gasteiger partial charge < -0.3 is 10.1 Å². The molecule has 116 valence electrons. The molecule has 0 aliphatic carbocycles. The molecule has 1 aromatic rings. The van der Waals surface area contributed by atoms with Crippen LogP contribution in [0.4, 0.5) is 5.69 Å². The van der Waals surface area contributed by atoms with E-state index in [0.29, 0.717) is 11.4 Å². The van der Waals surface area contributed by atoms with Crippen LogP contribution in [0, 0.1) is 0 Å². The number of carbonyl (C=O) groups is 1. The first-order chi connectivity index (χ1) is 9.86. The molecular formula is C14H20N2O4S. The summed E-state index contributed by atoms with van der Waals surface area (Å²) >= 11 is 0. The van der Waals surface area contributed by atoms with Gasteiger partial charge in [-0.3, -0.25) is 4.79 Å². The molecule has 1 amide bonds. The van der Waals surface area contributed by atoms with Crippen molar-refractivity contribution in [3.63, 3.8) is 0 Å². The van der Waals surface area contributed by atoms with E-state index in [1.54, 1.807) is 31.4 Å². The maximum Gasteiger partial charge on any atom is 0.225 e. The monoisotopic (exact) mass is 312 g/mol. The molecular weight excluding hydrogens is 292 g/mol. The first-order valence-corrected chi connectivity index (χ1v) is 8.21. The predicted octanol–water partition coefficient (Wildman–Crippen LogP) is 1.47. The summed E-state index contributed by atoms with van der Waals surface area (Å²) < 4.78 is 29.3. The van der Waals surface area contributed by atoms with Crippen molar-refractivity contribution in [1.82, 2.24) is 4.31 Å². The molecule has 0 spiro atoms. The summed E-state index contributed by atoms with van der Waals surface area (Å²) in [6.07, 6.45) is 2.66. The normalized spacial score (nSPS) is 11.2. The smallest absolute Gasteiger partial charge is 0.225 e. The number of hydrogen-bond acceptors (Lipinski definition) is 4. The summed E-state index contributed by atoms with van der Waals surface area (Å²) in [7, 11) is -1.80. The van der Waals surface area contributed by atoms with Crippen LogP contribution in [0.2, 0.25) is 0 Å². The second kappa shape index (κ2) is 7.80. The van der Waals surface area contributed by atoms with Crippen molar-refractivity contribution in [3.8, 4) is 5.75 Å². The Morgan fingerprint density at radius 1 is 1.48 bits per heavy atom. The highest BCUT2D eigenvalue weighted by molar-refractivity contribution is 7.88. The minimum Gasteiger partial charge on any atom is -0.497 e. The van der Waals surface area contributed by atoms with Crippen LogP contribution < -0.4 is 10.1 Å². The van der Waals surface area contributed by atoms with Gasteiger partial charge in [0.15, 0.2) is 0 Å². The molecule has 0 saturated carbocycles. The SMILES string of the molecule is C=CCN(CCC(=O)Nc1cccc(OC)c1)S(C)(=O)=O. The van der Waals surface area contributed by atoms with Crippen molar-refractivity contribution in [2.24, 2.45) is 0 Å². The summed E-state index contributed by atoms with van der Waals surface area (Å²) in [6, 6.07) is 6.95. The molecule has 0 atom stereocenters. The summed E-state index contributed by atoms with van der Waals surface area (Å²) in [5.41, 5.74) is 0.606. The third kappa shape index (κ3) is 5.97. The quantitative estimate of drug-likeness (QED) is 0.738. The maximum atomic E-state index is 11.8. The van der Waals surface area contributed by atoms with E-state index >= 15 is 0 Å². The van der Waals surface area contributed by atoms with Crippen LogP contribution in [0.5, 0.6) is 5.75 Å². The average Bonchev–Trinajstić information content (AvgIpc) is 2.42. The molecule has 0 fully saturated rings. The average molecular weight is 312 g/mol. The van der Waals surface area contributed by atoms with Crippen molar-refractivity contribution in [1.29, 1.82) is 0 Å². The van der Waals surface area contributed by atoms with E-state index in [1.807, 2.05) is 0 Å². The zero-order chi connectivity index (χ0) is 15.9. The number of methoxy groups -OCH3 is 1. The highest BCUT2D eigenvalue weighted by atomic mass is 32.2. The van der Waals surface area contributed by atoms with Crippen LogP contribution in [-0.2, 0) is 14.8 Å². The van der Waals surface area contributed by atoms with E-state index in [9.17, 15) is 13.2 Å². The van der Waals surface area contributed by atoms with Gasteiger partial charge in [0.2, 0.25) is 15.9 Å². The number of rotatable bonds is 8. The highest BCUT2D eigenvalue weighted by Crippen LogP contribution is 2.16. The molecule has 0 aliphatic rings. The Kier molecular flexibility index (Phi) is 6.39. The second-order valence-electron chi connectivity index (χ2n) is 4.44. The Morgan fingerprint density at radius 3 is 2.76 bits per heavy atom. The molecule has 1 N–H and O–H groups in total. The standard InChI is InChI=1S/C14H20N2O4S/c1-4-9-16(21(3,18)19)10-8-14(17)15-12-6-5-7-13(11-12)20-2/h4-7,11H,1,8-10H2,2-3H3,(H,15,17). The summed E-state index contributed by atoms with van der Waals surface area (Å²) in [5.74, 6) is 0.373. The molecule has 7 heteroatoms. The summed E-state index contributed by atoms with van der Waals surface area (Å²) in [5, 5.41) is 2.70. The minimum atomic E-state index is -3.34. The van der Waals surface area contributed by atoms with Crippen molar-refractivity contribution < 1.29 is 17.9 Å². The number of sulfonamides is 1. The number of hydrogen-bond donors (Lipinski definition) is 1. The molecule has 21 heavy (non-hydrogen) atoms. The lowest BCUT2D eigenvalue weighted by molar-refractivity contribution is -0.116. The molecule has 0 aromatic heterocycles. The third-order valence-corrected chi connectivity index (χ3v) is 4.01. The number of carbonyl (C=O) groups excluding carboxylic acids is 1. The van der Waals surface area contributed by atoms with Gasteiger partial charge in [0.05, 0.1) is 13.4 Å². The first-order valence-electron chi connectivity index (χ1n) is 6.36. The Hall–Kier alpha value is -1.86. The van der Waals surface area contributed by atoms with Crippen LogP contribution in [-0.4, -0.2) is 45.1 Å². The van der Waals surface area contributed by atoms with Gasteiger partial charge in [-0.15, -0.1) is 6.58 Å². The largest absolute Gasteiger partial charge is 0.497 e. The molecule has 1 aromatic carbocycles. The van der Waals surface area contributed by atoms with E-state index in [-0.39, 0.29) is 25.4 Å². The van der Waals surface area contributed by atoms with E-state index < -0.39 is 10.0 Å². The molecule has 1 rings (SSSR count). The van der Waals surface area contributed by atoms with Crippen LogP contribution in [0.15, 0.2) is 36.9 Å². The number of nitrogens with one attached hydrogen (secondary N) is 1. The molecule has 0 saturated heterocycles. The molecule has 0 aliphatic heterocycles. The zero-order valence-corrected chi connectivity index (χ0v) is 13.0.